The molecule has 0 amide bonds. The largest absolute Gasteiger partial charge is 0.469 e. The predicted octanol–water partition coefficient (Wildman–Crippen LogP) is 4.90. The van der Waals surface area contributed by atoms with Crippen molar-refractivity contribution in [3.8, 4) is 5.69 Å². The van der Waals surface area contributed by atoms with Crippen LogP contribution in [0.3, 0.4) is 0 Å². The number of nitrogens with zero attached hydrogens (tertiary/aromatic N) is 2. The van der Waals surface area contributed by atoms with Crippen LogP contribution >= 0.6 is 11.8 Å². The van der Waals surface area contributed by atoms with Crippen LogP contribution in [0.2, 0.25) is 0 Å². The highest BCUT2D eigenvalue weighted by atomic mass is 32.2. The number of carbonyl (C=O) groups excluding carboxylic acids is 2. The zero-order chi connectivity index (χ0) is 23.1. The van der Waals surface area contributed by atoms with Crippen molar-refractivity contribution >= 4 is 34.4 Å². The van der Waals surface area contributed by atoms with Gasteiger partial charge in [0.1, 0.15) is 5.78 Å². The number of para-hydroxylation sites is 1. The summed E-state index contributed by atoms with van der Waals surface area (Å²) < 4.78 is 6.36. The van der Waals surface area contributed by atoms with Gasteiger partial charge in [0, 0.05) is 6.42 Å². The maximum absolute atomic E-state index is 13.3. The molecule has 2 aromatic carbocycles. The van der Waals surface area contributed by atoms with Gasteiger partial charge < -0.3 is 4.74 Å². The van der Waals surface area contributed by atoms with Crippen LogP contribution in [0.15, 0.2) is 58.5 Å². The van der Waals surface area contributed by atoms with E-state index in [0.717, 1.165) is 24.8 Å². The van der Waals surface area contributed by atoms with E-state index in [1.165, 1.54) is 18.9 Å². The van der Waals surface area contributed by atoms with Crippen LogP contribution in [0, 0.1) is 0 Å². The minimum atomic E-state index is -0.407. The molecule has 0 N–H and O–H groups in total. The first-order valence-corrected chi connectivity index (χ1v) is 11.8. The van der Waals surface area contributed by atoms with Gasteiger partial charge >= 0.3 is 5.97 Å². The third-order valence-corrected chi connectivity index (χ3v) is 6.37. The molecule has 1 aromatic heterocycles. The molecule has 1 heterocycles. The van der Waals surface area contributed by atoms with Gasteiger partial charge in [0.05, 0.1) is 35.4 Å². The number of rotatable bonds is 10. The van der Waals surface area contributed by atoms with Crippen LogP contribution in [0.4, 0.5) is 0 Å². The first-order valence-electron chi connectivity index (χ1n) is 10.8. The van der Waals surface area contributed by atoms with Crippen molar-refractivity contribution < 1.29 is 14.3 Å². The second kappa shape index (κ2) is 11.1. The zero-order valence-corrected chi connectivity index (χ0v) is 19.5. The second-order valence-corrected chi connectivity index (χ2v) is 8.62. The third-order valence-electron chi connectivity index (χ3n) is 5.37. The van der Waals surface area contributed by atoms with Gasteiger partial charge in [-0.15, -0.1) is 0 Å². The van der Waals surface area contributed by atoms with E-state index < -0.39 is 5.92 Å². The quantitative estimate of drug-likeness (QED) is 0.188. The molecule has 0 radical (unpaired) electrons. The van der Waals surface area contributed by atoms with Gasteiger partial charge in [-0.1, -0.05) is 55.8 Å². The fourth-order valence-electron chi connectivity index (χ4n) is 3.45. The molecule has 0 aliphatic carbocycles. The Morgan fingerprint density at radius 2 is 1.81 bits per heavy atom. The minimum Gasteiger partial charge on any atom is -0.469 e. The number of ketones is 1. The lowest BCUT2D eigenvalue weighted by Crippen LogP contribution is -2.22. The number of methoxy groups -OCH3 is 1. The van der Waals surface area contributed by atoms with E-state index in [0.29, 0.717) is 28.2 Å². The molecule has 1 atom stereocenters. The van der Waals surface area contributed by atoms with Crippen molar-refractivity contribution in [3.63, 3.8) is 0 Å². The maximum atomic E-state index is 13.3. The number of esters is 1. The Balaban J connectivity index is 1.96. The fraction of sp³-hybridized carbons (Fsp3) is 0.360. The molecule has 3 aromatic rings. The Morgan fingerprint density at radius 3 is 2.50 bits per heavy atom. The standard InChI is InChI=1S/C25H28N2O4S/c1-4-5-6-9-20(28)16-32-25-26-22-11-8-7-10-21(22)23(29)27(25)19-14-12-18(13-15-19)17(2)24(30)31-3/h7-8,10-15,17H,4-6,9,16H2,1-3H3. The normalized spacial score (nSPS) is 12.0. The number of fused-ring (bicyclic) bond motifs is 1. The topological polar surface area (TPSA) is 78.3 Å². The number of carbonyl (C=O) groups is 2. The van der Waals surface area contributed by atoms with Crippen molar-refractivity contribution in [1.29, 1.82) is 0 Å². The smallest absolute Gasteiger partial charge is 0.312 e. The number of unbranched alkanes of at least 4 members (excludes halogenated alkanes) is 2. The van der Waals surface area contributed by atoms with Crippen molar-refractivity contribution in [2.75, 3.05) is 12.9 Å². The Labute approximate surface area is 192 Å². The first kappa shape index (κ1) is 23.7. The summed E-state index contributed by atoms with van der Waals surface area (Å²) in [7, 11) is 1.36. The van der Waals surface area contributed by atoms with Crippen LogP contribution in [-0.2, 0) is 14.3 Å². The summed E-state index contributed by atoms with van der Waals surface area (Å²) in [6.07, 6.45) is 3.52. The number of Topliss-reactive ketones (excluding diaryl/α,β-unsaturated/α-hetero) is 1. The summed E-state index contributed by atoms with van der Waals surface area (Å²) in [5, 5.41) is 0.990. The summed E-state index contributed by atoms with van der Waals surface area (Å²) in [6, 6.07) is 14.4. The maximum Gasteiger partial charge on any atom is 0.312 e. The number of ether oxygens (including phenoxy) is 1. The van der Waals surface area contributed by atoms with Crippen LogP contribution in [0.5, 0.6) is 0 Å². The lowest BCUT2D eigenvalue weighted by molar-refractivity contribution is -0.142. The Bertz CT molecular complexity index is 1150. The number of hydrogen-bond acceptors (Lipinski definition) is 6. The van der Waals surface area contributed by atoms with Crippen molar-refractivity contribution in [1.82, 2.24) is 9.55 Å². The Morgan fingerprint density at radius 1 is 1.09 bits per heavy atom. The van der Waals surface area contributed by atoms with Gasteiger partial charge in [-0.25, -0.2) is 4.98 Å². The average Bonchev–Trinajstić information content (AvgIpc) is 2.82. The van der Waals surface area contributed by atoms with E-state index in [-0.39, 0.29) is 23.1 Å². The second-order valence-electron chi connectivity index (χ2n) is 7.67. The van der Waals surface area contributed by atoms with E-state index in [1.807, 2.05) is 18.2 Å². The van der Waals surface area contributed by atoms with Crippen LogP contribution in [0.1, 0.15) is 51.0 Å². The molecular weight excluding hydrogens is 424 g/mol. The fourth-order valence-corrected chi connectivity index (χ4v) is 4.37. The zero-order valence-electron chi connectivity index (χ0n) is 18.7. The number of hydrogen-bond donors (Lipinski definition) is 0. The van der Waals surface area contributed by atoms with Crippen LogP contribution in [-0.4, -0.2) is 34.2 Å². The van der Waals surface area contributed by atoms with E-state index in [1.54, 1.807) is 41.8 Å². The molecule has 0 saturated heterocycles. The van der Waals surface area contributed by atoms with Gasteiger partial charge in [-0.3, -0.25) is 19.0 Å². The highest BCUT2D eigenvalue weighted by Gasteiger charge is 2.18. The van der Waals surface area contributed by atoms with Crippen molar-refractivity contribution in [2.45, 2.75) is 50.6 Å². The molecule has 32 heavy (non-hydrogen) atoms. The molecule has 0 fully saturated rings. The average molecular weight is 453 g/mol. The van der Waals surface area contributed by atoms with Gasteiger partial charge in [0.2, 0.25) is 0 Å². The van der Waals surface area contributed by atoms with Crippen molar-refractivity contribution in [2.24, 2.45) is 0 Å². The van der Waals surface area contributed by atoms with Gasteiger partial charge in [-0.2, -0.15) is 0 Å². The van der Waals surface area contributed by atoms with Crippen molar-refractivity contribution in [3.05, 3.63) is 64.4 Å². The van der Waals surface area contributed by atoms with Crippen LogP contribution in [0.25, 0.3) is 16.6 Å². The van der Waals surface area contributed by atoms with E-state index >= 15 is 0 Å². The minimum absolute atomic E-state index is 0.152. The Hall–Kier alpha value is -2.93. The molecule has 168 valence electrons. The summed E-state index contributed by atoms with van der Waals surface area (Å²) >= 11 is 1.28. The monoisotopic (exact) mass is 452 g/mol. The summed E-state index contributed by atoms with van der Waals surface area (Å²) in [4.78, 5) is 42.2. The van der Waals surface area contributed by atoms with Gasteiger partial charge in [0.15, 0.2) is 5.16 Å². The molecule has 0 aliphatic rings. The number of thioether (sulfide) groups is 1. The van der Waals surface area contributed by atoms with Gasteiger partial charge in [-0.05, 0) is 43.2 Å². The summed E-state index contributed by atoms with van der Waals surface area (Å²) in [6.45, 7) is 3.88. The Kier molecular flexibility index (Phi) is 8.22. The predicted molar refractivity (Wildman–Crippen MR) is 128 cm³/mol. The SMILES string of the molecule is CCCCCC(=O)CSc1nc2ccccc2c(=O)n1-c1ccc(C(C)C(=O)OC)cc1. The molecule has 6 nitrogen and oxygen atoms in total. The lowest BCUT2D eigenvalue weighted by atomic mass is 10.0. The highest BCUT2D eigenvalue weighted by molar-refractivity contribution is 7.99. The molecule has 0 aliphatic heterocycles. The number of aromatic nitrogens is 2. The summed E-state index contributed by atoms with van der Waals surface area (Å²) in [5.74, 6) is -0.304. The lowest BCUT2D eigenvalue weighted by Gasteiger charge is -2.15. The molecule has 0 bridgehead atoms. The molecule has 0 saturated carbocycles. The third kappa shape index (κ3) is 5.46. The van der Waals surface area contributed by atoms with E-state index in [9.17, 15) is 14.4 Å². The molecule has 3 rings (SSSR count). The first-order chi connectivity index (χ1) is 15.5. The van der Waals surface area contributed by atoms with E-state index in [2.05, 4.69) is 11.9 Å². The molecular formula is C25H28N2O4S. The highest BCUT2D eigenvalue weighted by Crippen LogP contribution is 2.24. The number of benzene rings is 2. The summed E-state index contributed by atoms with van der Waals surface area (Å²) in [5.41, 5.74) is 1.84. The van der Waals surface area contributed by atoms with Gasteiger partial charge in [0.25, 0.3) is 5.56 Å². The van der Waals surface area contributed by atoms with E-state index in [4.69, 9.17) is 4.74 Å². The molecule has 7 heteroatoms. The van der Waals surface area contributed by atoms with Crippen LogP contribution < -0.4 is 5.56 Å². The molecule has 0 spiro atoms. The molecule has 1 unspecified atom stereocenters.